The molecule has 7 nitrogen and oxygen atoms in total. The van der Waals surface area contributed by atoms with Crippen LogP contribution in [0.2, 0.25) is 10.0 Å². The van der Waals surface area contributed by atoms with Crippen molar-refractivity contribution in [1.82, 2.24) is 19.9 Å². The van der Waals surface area contributed by atoms with E-state index in [-0.39, 0.29) is 20.5 Å². The number of nitrogens with zero attached hydrogens (tertiary/aromatic N) is 4. The van der Waals surface area contributed by atoms with Gasteiger partial charge in [-0.1, -0.05) is 41.9 Å². The molecule has 2 aromatic heterocycles. The molecular weight excluding hydrogens is 565 g/mol. The van der Waals surface area contributed by atoms with E-state index >= 15 is 0 Å². The lowest BCUT2D eigenvalue weighted by Crippen LogP contribution is -2.30. The summed E-state index contributed by atoms with van der Waals surface area (Å²) in [5.74, 6) is -0.416. The van der Waals surface area contributed by atoms with Gasteiger partial charge >= 0.3 is 0 Å². The number of amidine groups is 1. The standard InChI is InChI=1S/C27H26Cl2F2N6OS/c1-4-23(35-15(2)3)33-10-9-32-17-12-18(28)25(19(29)13-17)26-21-6-8-24(36-37(21)14-34-27(26)38)39-22-7-5-16(30)11-20(22)31/h5-8,11-15,32H,4,9-10H2,1-3H3,(H,33,35). The lowest BCUT2D eigenvalue weighted by atomic mass is 10.1. The van der Waals surface area contributed by atoms with Gasteiger partial charge in [0.1, 0.15) is 23.0 Å². The molecule has 0 saturated carbocycles. The van der Waals surface area contributed by atoms with Gasteiger partial charge < -0.3 is 10.6 Å². The van der Waals surface area contributed by atoms with Crippen molar-refractivity contribution in [2.24, 2.45) is 4.99 Å². The summed E-state index contributed by atoms with van der Waals surface area (Å²) in [5.41, 5.74) is 1.10. The molecule has 12 heteroatoms. The Morgan fingerprint density at radius 1 is 1.10 bits per heavy atom. The maximum Gasteiger partial charge on any atom is 0.281 e. The number of aliphatic imine (C=N–C) groups is 1. The largest absolute Gasteiger partial charge is 0.383 e. The first kappa shape index (κ1) is 28.8. The van der Waals surface area contributed by atoms with Crippen LogP contribution in [0, 0.1) is 11.6 Å². The molecule has 0 aliphatic carbocycles. The van der Waals surface area contributed by atoms with Crippen molar-refractivity contribution >= 4 is 52.0 Å². The predicted octanol–water partition coefficient (Wildman–Crippen LogP) is 6.71. The fourth-order valence-corrected chi connectivity index (χ4v) is 5.30. The molecule has 0 bridgehead atoms. The highest BCUT2D eigenvalue weighted by molar-refractivity contribution is 7.99. The fourth-order valence-electron chi connectivity index (χ4n) is 3.85. The van der Waals surface area contributed by atoms with Gasteiger partial charge in [0, 0.05) is 41.2 Å². The second-order valence-corrected chi connectivity index (χ2v) is 10.7. The predicted molar refractivity (Wildman–Crippen MR) is 155 cm³/mol. The SMILES string of the molecule is CCC(=NCCNc1cc(Cl)c(-c2c(=O)ncn3nc(Sc4ccc(F)cc4F)ccc23)c(Cl)c1)NC(C)C. The van der Waals surface area contributed by atoms with E-state index in [0.29, 0.717) is 40.9 Å². The molecule has 0 aliphatic heterocycles. The van der Waals surface area contributed by atoms with Crippen LogP contribution in [0.4, 0.5) is 14.5 Å². The first-order valence-electron chi connectivity index (χ1n) is 12.2. The third-order valence-electron chi connectivity index (χ3n) is 5.53. The van der Waals surface area contributed by atoms with Gasteiger partial charge in [-0.25, -0.2) is 13.3 Å². The normalized spacial score (nSPS) is 11.8. The fraction of sp³-hybridized carbons (Fsp3) is 0.259. The third kappa shape index (κ3) is 7.06. The topological polar surface area (TPSA) is 83.7 Å². The molecule has 39 heavy (non-hydrogen) atoms. The number of hydrogen-bond acceptors (Lipinski definition) is 6. The molecule has 2 N–H and O–H groups in total. The Bertz CT molecular complexity index is 1570. The van der Waals surface area contributed by atoms with Crippen LogP contribution in [-0.2, 0) is 0 Å². The number of aromatic nitrogens is 3. The summed E-state index contributed by atoms with van der Waals surface area (Å²) in [5, 5.41) is 12.0. The van der Waals surface area contributed by atoms with Gasteiger partial charge in [-0.05, 0) is 50.2 Å². The van der Waals surface area contributed by atoms with Gasteiger partial charge in [-0.3, -0.25) is 9.79 Å². The van der Waals surface area contributed by atoms with Gasteiger partial charge in [0.25, 0.3) is 5.56 Å². The Balaban J connectivity index is 1.59. The minimum Gasteiger partial charge on any atom is -0.383 e. The third-order valence-corrected chi connectivity index (χ3v) is 7.10. The highest BCUT2D eigenvalue weighted by atomic mass is 35.5. The second-order valence-electron chi connectivity index (χ2n) is 8.83. The van der Waals surface area contributed by atoms with Crippen LogP contribution in [0.15, 0.2) is 68.5 Å². The molecule has 0 amide bonds. The quantitative estimate of drug-likeness (QED) is 0.128. The van der Waals surface area contributed by atoms with Gasteiger partial charge in [-0.2, -0.15) is 10.1 Å². The van der Waals surface area contributed by atoms with E-state index in [1.54, 1.807) is 24.3 Å². The van der Waals surface area contributed by atoms with Crippen LogP contribution >= 0.6 is 35.0 Å². The van der Waals surface area contributed by atoms with Crippen molar-refractivity contribution in [3.8, 4) is 11.1 Å². The van der Waals surface area contributed by atoms with E-state index in [4.69, 9.17) is 23.2 Å². The van der Waals surface area contributed by atoms with E-state index < -0.39 is 17.2 Å². The van der Waals surface area contributed by atoms with E-state index in [1.807, 2.05) is 6.92 Å². The van der Waals surface area contributed by atoms with Crippen LogP contribution in [0.5, 0.6) is 0 Å². The molecule has 2 aromatic carbocycles. The highest BCUT2D eigenvalue weighted by Crippen LogP contribution is 2.38. The lowest BCUT2D eigenvalue weighted by molar-refractivity contribution is 0.565. The molecule has 0 fully saturated rings. The number of anilines is 1. The lowest BCUT2D eigenvalue weighted by Gasteiger charge is -2.14. The van der Waals surface area contributed by atoms with Crippen LogP contribution < -0.4 is 16.2 Å². The zero-order valence-electron chi connectivity index (χ0n) is 21.4. The number of fused-ring (bicyclic) bond motifs is 1. The Kier molecular flexibility index (Phi) is 9.42. The maximum atomic E-state index is 14.1. The molecular formula is C27H26Cl2F2N6OS. The van der Waals surface area contributed by atoms with E-state index in [0.717, 1.165) is 30.1 Å². The summed E-state index contributed by atoms with van der Waals surface area (Å²) in [6, 6.07) is 10.3. The molecule has 4 aromatic rings. The van der Waals surface area contributed by atoms with Crippen molar-refractivity contribution in [1.29, 1.82) is 0 Å². The molecule has 0 unspecified atom stereocenters. The van der Waals surface area contributed by atoms with E-state index in [1.165, 1.54) is 23.0 Å². The first-order valence-corrected chi connectivity index (χ1v) is 13.8. The van der Waals surface area contributed by atoms with Crippen LogP contribution in [0.3, 0.4) is 0 Å². The summed E-state index contributed by atoms with van der Waals surface area (Å²) in [4.78, 5) is 21.6. The summed E-state index contributed by atoms with van der Waals surface area (Å²) in [6.45, 7) is 7.30. The summed E-state index contributed by atoms with van der Waals surface area (Å²) in [7, 11) is 0. The molecule has 0 atom stereocenters. The maximum absolute atomic E-state index is 14.1. The van der Waals surface area contributed by atoms with E-state index in [2.05, 4.69) is 39.6 Å². The van der Waals surface area contributed by atoms with Crippen LogP contribution in [0.25, 0.3) is 16.6 Å². The number of rotatable bonds is 9. The second kappa shape index (κ2) is 12.8. The summed E-state index contributed by atoms with van der Waals surface area (Å²) in [6.07, 6.45) is 2.08. The first-order chi connectivity index (χ1) is 18.7. The highest BCUT2D eigenvalue weighted by Gasteiger charge is 2.19. The number of nitrogens with one attached hydrogen (secondary N) is 2. The summed E-state index contributed by atoms with van der Waals surface area (Å²) >= 11 is 14.3. The van der Waals surface area contributed by atoms with Crippen LogP contribution in [-0.4, -0.2) is 39.6 Å². The average Bonchev–Trinajstić information content (AvgIpc) is 2.88. The summed E-state index contributed by atoms with van der Waals surface area (Å²) < 4.78 is 28.8. The molecule has 0 aliphatic rings. The molecule has 0 saturated heterocycles. The monoisotopic (exact) mass is 590 g/mol. The van der Waals surface area contributed by atoms with Crippen molar-refractivity contribution < 1.29 is 8.78 Å². The Morgan fingerprint density at radius 3 is 2.51 bits per heavy atom. The van der Waals surface area contributed by atoms with Crippen LogP contribution in [0.1, 0.15) is 27.2 Å². The molecule has 0 spiro atoms. The smallest absolute Gasteiger partial charge is 0.281 e. The van der Waals surface area contributed by atoms with Crippen molar-refractivity contribution in [3.63, 3.8) is 0 Å². The van der Waals surface area contributed by atoms with Gasteiger partial charge in [0.15, 0.2) is 0 Å². The van der Waals surface area contributed by atoms with Crippen molar-refractivity contribution in [3.05, 3.63) is 80.8 Å². The Hall–Kier alpha value is -3.21. The Labute approximate surface area is 238 Å². The van der Waals surface area contributed by atoms with Gasteiger partial charge in [-0.15, -0.1) is 0 Å². The molecule has 4 rings (SSSR count). The van der Waals surface area contributed by atoms with Crippen molar-refractivity contribution in [2.45, 2.75) is 43.2 Å². The zero-order valence-corrected chi connectivity index (χ0v) is 23.8. The average molecular weight is 592 g/mol. The molecule has 204 valence electrons. The molecule has 0 radical (unpaired) electrons. The Morgan fingerprint density at radius 2 is 1.85 bits per heavy atom. The van der Waals surface area contributed by atoms with E-state index in [9.17, 15) is 13.6 Å². The number of benzene rings is 2. The minimum atomic E-state index is -0.697. The number of halogens is 4. The van der Waals surface area contributed by atoms with Gasteiger partial charge in [0.2, 0.25) is 0 Å². The van der Waals surface area contributed by atoms with Crippen molar-refractivity contribution in [2.75, 3.05) is 18.4 Å². The zero-order chi connectivity index (χ0) is 28.1. The molecule has 2 heterocycles. The number of hydrogen-bond donors (Lipinski definition) is 2. The minimum absolute atomic E-state index is 0.188. The van der Waals surface area contributed by atoms with Gasteiger partial charge in [0.05, 0.1) is 33.5 Å².